The summed E-state index contributed by atoms with van der Waals surface area (Å²) in [6, 6.07) is 0. The third-order valence-corrected chi connectivity index (χ3v) is 7.60. The van der Waals surface area contributed by atoms with Gasteiger partial charge in [0.15, 0.2) is 0 Å². The first-order chi connectivity index (χ1) is 6.13. The average Bonchev–Trinajstić information content (AvgIpc) is 2.04. The molecule has 0 aromatic carbocycles. The van der Waals surface area contributed by atoms with Gasteiger partial charge in [0.1, 0.15) is 0 Å². The third kappa shape index (κ3) is 3.12. The van der Waals surface area contributed by atoms with Gasteiger partial charge >= 0.3 is 0 Å². The van der Waals surface area contributed by atoms with Crippen molar-refractivity contribution in [3.05, 3.63) is 0 Å². The molecule has 0 unspecified atom stereocenters. The van der Waals surface area contributed by atoms with Crippen LogP contribution in [0.5, 0.6) is 0 Å². The maximum atomic E-state index is 2.45. The van der Waals surface area contributed by atoms with Gasteiger partial charge in [-0.2, -0.15) is 0 Å². The van der Waals surface area contributed by atoms with Gasteiger partial charge in [0, 0.05) is 0 Å². The molecule has 1 rings (SSSR count). The second-order valence-corrected chi connectivity index (χ2v) is 9.27. The fourth-order valence-electron chi connectivity index (χ4n) is 3.05. The van der Waals surface area contributed by atoms with Crippen LogP contribution in [0, 0.1) is 0 Å². The molecule has 1 aliphatic rings. The lowest BCUT2D eigenvalue weighted by atomic mass is 10.0. The molecule has 13 heavy (non-hydrogen) atoms. The smallest absolute Gasteiger partial charge is 0.0567 e. The second-order valence-electron chi connectivity index (χ2n) is 5.14. The van der Waals surface area contributed by atoms with Crippen LogP contribution in [0.2, 0.25) is 16.6 Å². The predicted molar refractivity (Wildman–Crippen MR) is 62.8 cm³/mol. The highest BCUT2D eigenvalue weighted by atomic mass is 28.3. The van der Waals surface area contributed by atoms with Crippen molar-refractivity contribution >= 4 is 8.80 Å². The Morgan fingerprint density at radius 2 is 1.31 bits per heavy atom. The summed E-state index contributed by atoms with van der Waals surface area (Å²) in [4.78, 5) is 0. The van der Waals surface area contributed by atoms with Crippen LogP contribution in [-0.2, 0) is 0 Å². The summed E-state index contributed by atoms with van der Waals surface area (Å²) >= 11 is 0. The van der Waals surface area contributed by atoms with E-state index in [2.05, 4.69) is 27.7 Å². The topological polar surface area (TPSA) is 0 Å². The molecule has 0 atom stereocenters. The summed E-state index contributed by atoms with van der Waals surface area (Å²) in [5.74, 6) is 0. The van der Waals surface area contributed by atoms with E-state index in [4.69, 9.17) is 0 Å². The Morgan fingerprint density at radius 1 is 0.846 bits per heavy atom. The molecule has 0 nitrogen and oxygen atoms in total. The van der Waals surface area contributed by atoms with Crippen molar-refractivity contribution in [2.24, 2.45) is 0 Å². The van der Waals surface area contributed by atoms with Crippen molar-refractivity contribution in [3.63, 3.8) is 0 Å². The molecule has 1 heteroatoms. The van der Waals surface area contributed by atoms with Crippen molar-refractivity contribution < 1.29 is 0 Å². The summed E-state index contributed by atoms with van der Waals surface area (Å²) in [6.45, 7) is 9.79. The number of hydrogen-bond donors (Lipinski definition) is 0. The summed E-state index contributed by atoms with van der Waals surface area (Å²) in [6.07, 6.45) is 7.62. The summed E-state index contributed by atoms with van der Waals surface area (Å²) in [7, 11) is -0.0793. The zero-order chi connectivity index (χ0) is 9.84. The number of rotatable bonds is 3. The van der Waals surface area contributed by atoms with E-state index in [9.17, 15) is 0 Å². The molecule has 0 aromatic rings. The molecular weight excluding hydrogens is 172 g/mol. The molecule has 1 radical (unpaired) electrons. The van der Waals surface area contributed by atoms with Gasteiger partial charge in [-0.05, 0) is 5.54 Å². The maximum absolute atomic E-state index is 2.45. The van der Waals surface area contributed by atoms with Gasteiger partial charge in [0.25, 0.3) is 0 Å². The quantitative estimate of drug-likeness (QED) is 0.578. The lowest BCUT2D eigenvalue weighted by molar-refractivity contribution is 0.489. The van der Waals surface area contributed by atoms with E-state index in [0.717, 1.165) is 16.6 Å². The summed E-state index contributed by atoms with van der Waals surface area (Å²) in [5.41, 5.74) is 3.10. The van der Waals surface area contributed by atoms with Crippen molar-refractivity contribution in [1.29, 1.82) is 0 Å². The Balaban J connectivity index is 2.52. The molecule has 0 aromatic heterocycles. The van der Waals surface area contributed by atoms with E-state index in [1.165, 1.54) is 19.3 Å². The van der Waals surface area contributed by atoms with Crippen molar-refractivity contribution in [3.8, 4) is 0 Å². The van der Waals surface area contributed by atoms with Crippen molar-refractivity contribution in [2.45, 2.75) is 76.4 Å². The minimum Gasteiger partial charge on any atom is -0.0653 e. The van der Waals surface area contributed by atoms with Gasteiger partial charge in [0.2, 0.25) is 0 Å². The zero-order valence-corrected chi connectivity index (χ0v) is 10.8. The molecule has 1 fully saturated rings. The first kappa shape index (κ1) is 11.3. The highest BCUT2D eigenvalue weighted by Crippen LogP contribution is 2.39. The van der Waals surface area contributed by atoms with Gasteiger partial charge in [0.05, 0.1) is 8.80 Å². The highest BCUT2D eigenvalue weighted by molar-refractivity contribution is 6.63. The van der Waals surface area contributed by atoms with Gasteiger partial charge < -0.3 is 0 Å². The Labute approximate surface area is 85.7 Å². The molecule has 0 saturated heterocycles. The summed E-state index contributed by atoms with van der Waals surface area (Å²) < 4.78 is 0. The molecular formula is C12H25Si. The monoisotopic (exact) mass is 197 g/mol. The normalized spacial score (nSPS) is 20.5. The van der Waals surface area contributed by atoms with Gasteiger partial charge in [-0.25, -0.2) is 0 Å². The fourth-order valence-corrected chi connectivity index (χ4v) is 7.34. The van der Waals surface area contributed by atoms with Crippen LogP contribution in [-0.4, -0.2) is 8.80 Å². The lowest BCUT2D eigenvalue weighted by Gasteiger charge is -2.34. The second kappa shape index (κ2) is 5.19. The van der Waals surface area contributed by atoms with Crippen LogP contribution < -0.4 is 0 Å². The minimum atomic E-state index is -0.0793. The molecule has 77 valence electrons. The van der Waals surface area contributed by atoms with Crippen molar-refractivity contribution in [1.82, 2.24) is 0 Å². The molecule has 0 N–H and O–H groups in total. The van der Waals surface area contributed by atoms with Crippen LogP contribution in [0.15, 0.2) is 0 Å². The van der Waals surface area contributed by atoms with Crippen LogP contribution in [0.25, 0.3) is 0 Å². The lowest BCUT2D eigenvalue weighted by Crippen LogP contribution is -2.29. The van der Waals surface area contributed by atoms with Crippen LogP contribution >= 0.6 is 0 Å². The Kier molecular flexibility index (Phi) is 4.50. The van der Waals surface area contributed by atoms with Gasteiger partial charge in [-0.1, -0.05) is 70.9 Å². The summed E-state index contributed by atoms with van der Waals surface area (Å²) in [5, 5.41) is 0. The highest BCUT2D eigenvalue weighted by Gasteiger charge is 2.29. The molecule has 0 heterocycles. The maximum Gasteiger partial charge on any atom is 0.0567 e. The van der Waals surface area contributed by atoms with Crippen LogP contribution in [0.4, 0.5) is 0 Å². The van der Waals surface area contributed by atoms with Crippen molar-refractivity contribution in [2.75, 3.05) is 0 Å². The van der Waals surface area contributed by atoms with Crippen LogP contribution in [0.3, 0.4) is 0 Å². The molecule has 0 aliphatic heterocycles. The Hall–Kier alpha value is 0.217. The fraction of sp³-hybridized carbons (Fsp3) is 1.00. The molecule has 0 bridgehead atoms. The predicted octanol–water partition coefficient (Wildman–Crippen LogP) is 4.64. The van der Waals surface area contributed by atoms with E-state index in [-0.39, 0.29) is 8.80 Å². The largest absolute Gasteiger partial charge is 0.0653 e. The third-order valence-electron chi connectivity index (χ3n) is 3.41. The van der Waals surface area contributed by atoms with E-state index >= 15 is 0 Å². The van der Waals surface area contributed by atoms with E-state index < -0.39 is 0 Å². The SMILES string of the molecule is CC(C)[Si](C(C)C)C1CCCCC1. The molecule has 1 saturated carbocycles. The minimum absolute atomic E-state index is 0.0793. The van der Waals surface area contributed by atoms with E-state index in [1.807, 2.05) is 0 Å². The Bertz CT molecular complexity index is 126. The standard InChI is InChI=1S/C12H25Si/c1-10(2)13(11(3)4)12-8-6-5-7-9-12/h10-12H,5-9H2,1-4H3. The molecule has 0 spiro atoms. The first-order valence-electron chi connectivity index (χ1n) is 5.99. The van der Waals surface area contributed by atoms with Crippen LogP contribution in [0.1, 0.15) is 59.8 Å². The van der Waals surface area contributed by atoms with E-state index in [1.54, 1.807) is 12.8 Å². The molecule has 0 amide bonds. The average molecular weight is 197 g/mol. The number of hydrogen-bond acceptors (Lipinski definition) is 0. The molecule has 1 aliphatic carbocycles. The van der Waals surface area contributed by atoms with E-state index in [0.29, 0.717) is 0 Å². The van der Waals surface area contributed by atoms with Gasteiger partial charge in [-0.15, -0.1) is 0 Å². The zero-order valence-electron chi connectivity index (χ0n) is 9.77. The van der Waals surface area contributed by atoms with Gasteiger partial charge in [-0.3, -0.25) is 0 Å². The first-order valence-corrected chi connectivity index (χ1v) is 7.72. The Morgan fingerprint density at radius 3 is 1.69 bits per heavy atom.